The van der Waals surface area contributed by atoms with Crippen molar-refractivity contribution in [3.63, 3.8) is 0 Å². The van der Waals surface area contributed by atoms with Crippen LogP contribution in [-0.2, 0) is 0 Å². The highest BCUT2D eigenvalue weighted by atomic mass is 35.5. The minimum Gasteiger partial charge on any atom is -0.308 e. The van der Waals surface area contributed by atoms with Crippen molar-refractivity contribution in [3.8, 4) is 0 Å². The maximum Gasteiger partial charge on any atom is 0.0406 e. The Kier molecular flexibility index (Phi) is 4.66. The molecule has 0 aliphatic heterocycles. The third kappa shape index (κ3) is 3.98. The topological polar surface area (TPSA) is 15.3 Å². The number of halogens is 1. The number of hydrogen-bond donors (Lipinski definition) is 1. The molecule has 1 aliphatic rings. The van der Waals surface area contributed by atoms with Gasteiger partial charge in [0.15, 0.2) is 0 Å². The van der Waals surface area contributed by atoms with Crippen molar-refractivity contribution in [1.82, 2.24) is 10.2 Å². The maximum atomic E-state index is 5.96. The van der Waals surface area contributed by atoms with Gasteiger partial charge in [-0.2, -0.15) is 0 Å². The van der Waals surface area contributed by atoms with E-state index in [1.165, 1.54) is 18.4 Å². The molecule has 0 spiro atoms. The van der Waals surface area contributed by atoms with Crippen molar-refractivity contribution in [2.45, 2.75) is 31.8 Å². The summed E-state index contributed by atoms with van der Waals surface area (Å²) in [6, 6.07) is 9.27. The highest BCUT2D eigenvalue weighted by Crippen LogP contribution is 2.41. The summed E-state index contributed by atoms with van der Waals surface area (Å²) in [6.45, 7) is 3.32. The molecule has 0 amide bonds. The number of hydrogen-bond acceptors (Lipinski definition) is 2. The molecule has 0 heterocycles. The summed E-state index contributed by atoms with van der Waals surface area (Å²) in [5.41, 5.74) is 1.37. The van der Waals surface area contributed by atoms with E-state index in [9.17, 15) is 0 Å². The molecule has 2 unspecified atom stereocenters. The van der Waals surface area contributed by atoms with Crippen LogP contribution in [0.1, 0.15) is 31.4 Å². The van der Waals surface area contributed by atoms with Gasteiger partial charge in [-0.1, -0.05) is 23.7 Å². The molecule has 18 heavy (non-hydrogen) atoms. The first-order valence-corrected chi connectivity index (χ1v) is 7.10. The molecular weight excluding hydrogens is 244 g/mol. The minimum absolute atomic E-state index is 0.484. The number of benzene rings is 1. The van der Waals surface area contributed by atoms with Crippen LogP contribution < -0.4 is 5.32 Å². The lowest BCUT2D eigenvalue weighted by molar-refractivity contribution is 0.319. The maximum absolute atomic E-state index is 5.96. The Hall–Kier alpha value is -0.570. The zero-order valence-electron chi connectivity index (χ0n) is 11.5. The predicted molar refractivity (Wildman–Crippen MR) is 78.1 cm³/mol. The van der Waals surface area contributed by atoms with E-state index in [1.54, 1.807) is 0 Å². The quantitative estimate of drug-likeness (QED) is 0.850. The Balaban J connectivity index is 2.02. The Labute approximate surface area is 115 Å². The fraction of sp³-hybridized carbons (Fsp3) is 0.600. The van der Waals surface area contributed by atoms with Crippen molar-refractivity contribution in [3.05, 3.63) is 34.9 Å². The fourth-order valence-electron chi connectivity index (χ4n) is 2.51. The zero-order valence-corrected chi connectivity index (χ0v) is 12.2. The Morgan fingerprint density at radius 1 is 1.28 bits per heavy atom. The highest BCUT2D eigenvalue weighted by Gasteiger charge is 2.32. The first-order valence-electron chi connectivity index (χ1n) is 6.72. The molecule has 0 aromatic heterocycles. The van der Waals surface area contributed by atoms with Crippen molar-refractivity contribution in [1.29, 1.82) is 0 Å². The summed E-state index contributed by atoms with van der Waals surface area (Å²) in [4.78, 5) is 2.23. The van der Waals surface area contributed by atoms with E-state index in [0.717, 1.165) is 17.5 Å². The SMILES string of the molecule is CC(CN(C)C)NC(c1ccc(Cl)cc1)C1CC1. The van der Waals surface area contributed by atoms with Gasteiger partial charge >= 0.3 is 0 Å². The Bertz CT molecular complexity index is 371. The van der Waals surface area contributed by atoms with Crippen LogP contribution >= 0.6 is 11.6 Å². The van der Waals surface area contributed by atoms with Crippen molar-refractivity contribution >= 4 is 11.6 Å². The van der Waals surface area contributed by atoms with E-state index >= 15 is 0 Å². The molecule has 1 saturated carbocycles. The number of rotatable bonds is 6. The van der Waals surface area contributed by atoms with Gasteiger partial charge in [0.2, 0.25) is 0 Å². The molecule has 1 N–H and O–H groups in total. The van der Waals surface area contributed by atoms with Crippen LogP contribution in [0.25, 0.3) is 0 Å². The van der Waals surface area contributed by atoms with Crippen LogP contribution in [0.5, 0.6) is 0 Å². The van der Waals surface area contributed by atoms with Gasteiger partial charge in [-0.3, -0.25) is 0 Å². The summed E-state index contributed by atoms with van der Waals surface area (Å²) >= 11 is 5.96. The monoisotopic (exact) mass is 266 g/mol. The lowest BCUT2D eigenvalue weighted by atomic mass is 10.0. The number of likely N-dealkylation sites (N-methyl/N-ethyl adjacent to an activating group) is 1. The zero-order chi connectivity index (χ0) is 13.1. The van der Waals surface area contributed by atoms with Crippen LogP contribution in [0.2, 0.25) is 5.02 Å². The van der Waals surface area contributed by atoms with Crippen LogP contribution in [-0.4, -0.2) is 31.6 Å². The second-order valence-electron chi connectivity index (χ2n) is 5.70. The van der Waals surface area contributed by atoms with Gasteiger partial charge in [0.05, 0.1) is 0 Å². The Morgan fingerprint density at radius 2 is 1.89 bits per heavy atom. The van der Waals surface area contributed by atoms with Gasteiger partial charge in [0.1, 0.15) is 0 Å². The minimum atomic E-state index is 0.484. The number of nitrogens with one attached hydrogen (secondary N) is 1. The van der Waals surface area contributed by atoms with Crippen LogP contribution in [0.4, 0.5) is 0 Å². The van der Waals surface area contributed by atoms with E-state index in [0.29, 0.717) is 12.1 Å². The van der Waals surface area contributed by atoms with E-state index in [-0.39, 0.29) is 0 Å². The standard InChI is InChI=1S/C15H23ClN2/c1-11(10-18(2)3)17-15(12-4-5-12)13-6-8-14(16)9-7-13/h6-9,11-12,15,17H,4-5,10H2,1-3H3. The van der Waals surface area contributed by atoms with Crippen LogP contribution in [0, 0.1) is 5.92 Å². The summed E-state index contributed by atoms with van der Waals surface area (Å²) in [5, 5.41) is 4.58. The summed E-state index contributed by atoms with van der Waals surface area (Å²) < 4.78 is 0. The Morgan fingerprint density at radius 3 is 2.39 bits per heavy atom. The normalized spacial score (nSPS) is 18.9. The van der Waals surface area contributed by atoms with Crippen molar-refractivity contribution < 1.29 is 0 Å². The van der Waals surface area contributed by atoms with Gasteiger partial charge in [0.25, 0.3) is 0 Å². The van der Waals surface area contributed by atoms with E-state index in [2.05, 4.69) is 43.4 Å². The van der Waals surface area contributed by atoms with Crippen LogP contribution in [0.15, 0.2) is 24.3 Å². The molecule has 1 aromatic rings. The third-order valence-corrected chi connectivity index (χ3v) is 3.68. The second-order valence-corrected chi connectivity index (χ2v) is 6.13. The van der Waals surface area contributed by atoms with Gasteiger partial charge < -0.3 is 10.2 Å². The molecule has 2 atom stereocenters. The van der Waals surface area contributed by atoms with Crippen molar-refractivity contribution in [2.75, 3.05) is 20.6 Å². The first-order chi connectivity index (χ1) is 8.56. The fourth-order valence-corrected chi connectivity index (χ4v) is 2.64. The molecule has 1 aromatic carbocycles. The highest BCUT2D eigenvalue weighted by molar-refractivity contribution is 6.30. The summed E-state index contributed by atoms with van der Waals surface area (Å²) in [7, 11) is 4.24. The van der Waals surface area contributed by atoms with Crippen molar-refractivity contribution in [2.24, 2.45) is 5.92 Å². The molecule has 0 saturated heterocycles. The molecule has 1 fully saturated rings. The first kappa shape index (κ1) is 13.9. The smallest absolute Gasteiger partial charge is 0.0406 e. The molecule has 1 aliphatic carbocycles. The lowest BCUT2D eigenvalue weighted by Gasteiger charge is -2.26. The summed E-state index contributed by atoms with van der Waals surface area (Å²) in [6.07, 6.45) is 2.68. The van der Waals surface area contributed by atoms with Crippen LogP contribution in [0.3, 0.4) is 0 Å². The molecular formula is C15H23ClN2. The molecule has 100 valence electrons. The molecule has 2 nitrogen and oxygen atoms in total. The van der Waals surface area contributed by atoms with Gasteiger partial charge in [0, 0.05) is 23.7 Å². The van der Waals surface area contributed by atoms with E-state index < -0.39 is 0 Å². The van der Waals surface area contributed by atoms with Gasteiger partial charge in [-0.25, -0.2) is 0 Å². The molecule has 3 heteroatoms. The predicted octanol–water partition coefficient (Wildman–Crippen LogP) is 3.33. The average Bonchev–Trinajstić information content (AvgIpc) is 3.10. The number of nitrogens with zero attached hydrogens (tertiary/aromatic N) is 1. The summed E-state index contributed by atoms with van der Waals surface area (Å²) in [5.74, 6) is 0.802. The second kappa shape index (κ2) is 6.05. The molecule has 0 radical (unpaired) electrons. The lowest BCUT2D eigenvalue weighted by Crippen LogP contribution is -2.38. The molecule has 2 rings (SSSR count). The molecule has 0 bridgehead atoms. The van der Waals surface area contributed by atoms with Gasteiger partial charge in [-0.05, 0) is 57.5 Å². The van der Waals surface area contributed by atoms with Gasteiger partial charge in [-0.15, -0.1) is 0 Å². The average molecular weight is 267 g/mol. The third-order valence-electron chi connectivity index (χ3n) is 3.43. The van der Waals surface area contributed by atoms with E-state index in [1.807, 2.05) is 12.1 Å². The largest absolute Gasteiger partial charge is 0.308 e. The van der Waals surface area contributed by atoms with E-state index in [4.69, 9.17) is 11.6 Å².